The molecule has 0 bridgehead atoms. The maximum atomic E-state index is 13.2. The predicted molar refractivity (Wildman–Crippen MR) is 104 cm³/mol. The Labute approximate surface area is 167 Å². The van der Waals surface area contributed by atoms with Crippen LogP contribution in [-0.4, -0.2) is 46.3 Å². The summed E-state index contributed by atoms with van der Waals surface area (Å²) in [5.41, 5.74) is 3.18. The summed E-state index contributed by atoms with van der Waals surface area (Å²) in [6.07, 6.45) is 4.88. The third-order valence-corrected chi connectivity index (χ3v) is 7.43. The molecule has 1 aromatic carbocycles. The fourth-order valence-electron chi connectivity index (χ4n) is 4.04. The van der Waals surface area contributed by atoms with Crippen molar-refractivity contribution in [3.63, 3.8) is 0 Å². The second-order valence-corrected chi connectivity index (χ2v) is 9.16. The number of carboxylic acids is 1. The lowest BCUT2D eigenvalue weighted by molar-refractivity contribution is -0.136. The zero-order chi connectivity index (χ0) is 20.8. The predicted octanol–water partition coefficient (Wildman–Crippen LogP) is 2.28. The topological polar surface area (TPSA) is 92.0 Å². The highest BCUT2D eigenvalue weighted by Crippen LogP contribution is 2.33. The van der Waals surface area contributed by atoms with Gasteiger partial charge in [-0.05, 0) is 55.2 Å². The molecule has 1 atom stereocenters. The number of halogens is 1. The van der Waals surface area contributed by atoms with Gasteiger partial charge in [-0.3, -0.25) is 4.79 Å². The van der Waals surface area contributed by atoms with Crippen LogP contribution in [0.4, 0.5) is 4.39 Å². The number of aliphatic carboxylic acids is 1. The van der Waals surface area contributed by atoms with E-state index in [-0.39, 0.29) is 17.4 Å². The van der Waals surface area contributed by atoms with Gasteiger partial charge in [0.25, 0.3) is 0 Å². The highest BCUT2D eigenvalue weighted by Gasteiger charge is 2.34. The molecule has 0 amide bonds. The molecule has 0 fully saturated rings. The van der Waals surface area contributed by atoms with Gasteiger partial charge in [-0.1, -0.05) is 0 Å². The molecular formula is C20H20FN3O4S. The third kappa shape index (κ3) is 3.40. The normalized spacial score (nSPS) is 16.9. The van der Waals surface area contributed by atoms with Crippen LogP contribution in [0.1, 0.15) is 23.2 Å². The van der Waals surface area contributed by atoms with E-state index in [9.17, 15) is 22.7 Å². The first-order valence-electron chi connectivity index (χ1n) is 9.20. The van der Waals surface area contributed by atoms with Gasteiger partial charge in [0.05, 0.1) is 11.3 Å². The Hall–Kier alpha value is -2.78. The fraction of sp³-hybridized carbons (Fsp3) is 0.300. The number of benzene rings is 1. The first-order valence-corrected chi connectivity index (χ1v) is 10.6. The number of aromatic nitrogens is 2. The van der Waals surface area contributed by atoms with Gasteiger partial charge in [0.15, 0.2) is 0 Å². The first-order chi connectivity index (χ1) is 13.8. The lowest BCUT2D eigenvalue weighted by atomic mass is 9.89. The van der Waals surface area contributed by atoms with E-state index in [1.54, 1.807) is 22.9 Å². The second kappa shape index (κ2) is 7.23. The van der Waals surface area contributed by atoms with Crippen molar-refractivity contribution in [2.24, 2.45) is 0 Å². The summed E-state index contributed by atoms with van der Waals surface area (Å²) in [5, 5.41) is 9.29. The molecule has 7 nitrogen and oxygen atoms in total. The zero-order valence-corrected chi connectivity index (χ0v) is 16.6. The number of rotatable bonds is 5. The van der Waals surface area contributed by atoms with E-state index in [1.807, 2.05) is 0 Å². The van der Waals surface area contributed by atoms with Crippen LogP contribution in [0, 0.1) is 5.82 Å². The average molecular weight is 417 g/mol. The smallest absolute Gasteiger partial charge is 0.309 e. The van der Waals surface area contributed by atoms with E-state index >= 15 is 0 Å². The molecule has 1 aliphatic rings. The van der Waals surface area contributed by atoms with Gasteiger partial charge in [-0.2, -0.15) is 4.31 Å². The number of fused-ring (bicyclic) bond motifs is 3. The number of likely N-dealkylation sites (N-methyl/N-ethyl adjacent to an activating group) is 1. The van der Waals surface area contributed by atoms with Gasteiger partial charge in [-0.15, -0.1) is 0 Å². The van der Waals surface area contributed by atoms with E-state index in [0.717, 1.165) is 23.3 Å². The lowest BCUT2D eigenvalue weighted by Gasteiger charge is -2.31. The SMILES string of the molecule is CN(C1CCc2c(c3ncccn3c2CC(=O)O)C1)S(=O)(=O)c1ccc(F)cc1. The molecule has 2 aromatic heterocycles. The third-order valence-electron chi connectivity index (χ3n) is 5.51. The molecular weight excluding hydrogens is 397 g/mol. The summed E-state index contributed by atoms with van der Waals surface area (Å²) in [7, 11) is -2.25. The summed E-state index contributed by atoms with van der Waals surface area (Å²) in [6.45, 7) is 0. The Morgan fingerprint density at radius 3 is 2.72 bits per heavy atom. The van der Waals surface area contributed by atoms with Crippen LogP contribution in [0.2, 0.25) is 0 Å². The highest BCUT2D eigenvalue weighted by atomic mass is 32.2. The fourth-order valence-corrected chi connectivity index (χ4v) is 5.42. The Bertz CT molecular complexity index is 1190. The number of hydrogen-bond acceptors (Lipinski definition) is 4. The average Bonchev–Trinajstić information content (AvgIpc) is 3.00. The second-order valence-electron chi connectivity index (χ2n) is 7.16. The highest BCUT2D eigenvalue weighted by molar-refractivity contribution is 7.89. The van der Waals surface area contributed by atoms with Gasteiger partial charge in [0, 0.05) is 36.7 Å². The van der Waals surface area contributed by atoms with E-state index in [4.69, 9.17) is 0 Å². The molecule has 29 heavy (non-hydrogen) atoms. The molecule has 0 saturated carbocycles. The zero-order valence-electron chi connectivity index (χ0n) is 15.7. The van der Waals surface area contributed by atoms with Gasteiger partial charge >= 0.3 is 5.97 Å². The summed E-state index contributed by atoms with van der Waals surface area (Å²) in [5.74, 6) is -1.42. The Kier molecular flexibility index (Phi) is 4.87. The van der Waals surface area contributed by atoms with Crippen molar-refractivity contribution in [1.29, 1.82) is 0 Å². The van der Waals surface area contributed by atoms with E-state index in [1.165, 1.54) is 23.5 Å². The quantitative estimate of drug-likeness (QED) is 0.688. The maximum absolute atomic E-state index is 13.2. The number of carbonyl (C=O) groups is 1. The van der Waals surface area contributed by atoms with Crippen LogP contribution >= 0.6 is 0 Å². The monoisotopic (exact) mass is 417 g/mol. The summed E-state index contributed by atoms with van der Waals surface area (Å²) in [6, 6.07) is 6.22. The minimum Gasteiger partial charge on any atom is -0.481 e. The van der Waals surface area contributed by atoms with Crippen molar-refractivity contribution in [2.45, 2.75) is 36.6 Å². The molecule has 0 spiro atoms. The largest absolute Gasteiger partial charge is 0.481 e. The van der Waals surface area contributed by atoms with Crippen molar-refractivity contribution in [1.82, 2.24) is 13.7 Å². The van der Waals surface area contributed by atoms with Crippen LogP contribution in [-0.2, 0) is 34.1 Å². The Morgan fingerprint density at radius 2 is 2.03 bits per heavy atom. The molecule has 1 unspecified atom stereocenters. The standard InChI is InChI=1S/C20H20FN3O4S/c1-23(29(27,28)15-6-3-13(21)4-7-15)14-5-8-16-17(11-14)20-22-9-2-10-24(20)18(16)12-19(25)26/h2-4,6-7,9-10,14H,5,8,11-12H2,1H3,(H,25,26). The number of carboxylic acid groups (broad SMARTS) is 1. The molecule has 9 heteroatoms. The van der Waals surface area contributed by atoms with Gasteiger partial charge < -0.3 is 9.51 Å². The summed E-state index contributed by atoms with van der Waals surface area (Å²) < 4.78 is 42.2. The molecule has 1 aliphatic carbocycles. The summed E-state index contributed by atoms with van der Waals surface area (Å²) in [4.78, 5) is 15.8. The molecule has 152 valence electrons. The van der Waals surface area contributed by atoms with E-state index < -0.39 is 21.8 Å². The van der Waals surface area contributed by atoms with Crippen molar-refractivity contribution in [2.75, 3.05) is 7.05 Å². The van der Waals surface area contributed by atoms with Crippen LogP contribution in [0.3, 0.4) is 0 Å². The minimum absolute atomic E-state index is 0.0404. The van der Waals surface area contributed by atoms with Gasteiger partial charge in [0.2, 0.25) is 10.0 Å². The number of hydrogen-bond donors (Lipinski definition) is 1. The van der Waals surface area contributed by atoms with Crippen molar-refractivity contribution >= 4 is 21.6 Å². The molecule has 0 aliphatic heterocycles. The molecule has 0 radical (unpaired) electrons. The maximum Gasteiger partial charge on any atom is 0.309 e. The molecule has 0 saturated heterocycles. The minimum atomic E-state index is -3.78. The van der Waals surface area contributed by atoms with Crippen LogP contribution < -0.4 is 0 Å². The van der Waals surface area contributed by atoms with Crippen molar-refractivity contribution in [3.8, 4) is 0 Å². The molecule has 4 rings (SSSR count). The van der Waals surface area contributed by atoms with Crippen molar-refractivity contribution in [3.05, 3.63) is 65.4 Å². The van der Waals surface area contributed by atoms with Crippen LogP contribution in [0.15, 0.2) is 47.6 Å². The molecule has 2 heterocycles. The van der Waals surface area contributed by atoms with Crippen LogP contribution in [0.25, 0.3) is 5.65 Å². The van der Waals surface area contributed by atoms with Crippen LogP contribution in [0.5, 0.6) is 0 Å². The Morgan fingerprint density at radius 1 is 1.31 bits per heavy atom. The van der Waals surface area contributed by atoms with Crippen molar-refractivity contribution < 1.29 is 22.7 Å². The van der Waals surface area contributed by atoms with E-state index in [0.29, 0.717) is 30.6 Å². The van der Waals surface area contributed by atoms with E-state index in [2.05, 4.69) is 4.98 Å². The number of sulfonamides is 1. The summed E-state index contributed by atoms with van der Waals surface area (Å²) >= 11 is 0. The van der Waals surface area contributed by atoms with Gasteiger partial charge in [0.1, 0.15) is 11.5 Å². The molecule has 1 N–H and O–H groups in total. The van der Waals surface area contributed by atoms with Gasteiger partial charge in [-0.25, -0.2) is 17.8 Å². The molecule has 3 aromatic rings. The lowest BCUT2D eigenvalue weighted by Crippen LogP contribution is -2.40. The Balaban J connectivity index is 1.70. The first kappa shape index (κ1) is 19.5. The number of nitrogens with zero attached hydrogens (tertiary/aromatic N) is 3.